The smallest absolute Gasteiger partial charge is 0.747 e. The van der Waals surface area contributed by atoms with Gasteiger partial charge in [0, 0.05) is 0 Å². The number of nitrogens with two attached hydrogens (primary N) is 1. The van der Waals surface area contributed by atoms with Crippen molar-refractivity contribution in [3.05, 3.63) is 0 Å². The van der Waals surface area contributed by atoms with Crippen molar-refractivity contribution in [2.75, 3.05) is 0 Å². The van der Waals surface area contributed by atoms with Gasteiger partial charge in [0.1, 0.15) is 15.0 Å². The molecule has 0 radical (unpaired) electrons. The molecular formula is C3H8NNaO3S. The molecule has 0 aromatic heterocycles. The molecule has 0 heterocycles. The van der Waals surface area contributed by atoms with Crippen LogP contribution in [0, 0.1) is 0 Å². The second-order valence-corrected chi connectivity index (χ2v) is 4.02. The zero-order valence-electron chi connectivity index (χ0n) is 5.71. The molecule has 2 N–H and O–H groups in total. The van der Waals surface area contributed by atoms with Gasteiger partial charge in [0.2, 0.25) is 0 Å². The predicted molar refractivity (Wildman–Crippen MR) is 28.0 cm³/mol. The van der Waals surface area contributed by atoms with E-state index in [1.165, 1.54) is 0 Å². The van der Waals surface area contributed by atoms with Gasteiger partial charge in [-0.1, -0.05) is 0 Å². The Hall–Kier alpha value is 0.870. The number of hydrogen-bond acceptors (Lipinski definition) is 4. The van der Waals surface area contributed by atoms with Crippen LogP contribution in [-0.4, -0.2) is 17.8 Å². The Labute approximate surface area is 76.9 Å². The molecule has 0 spiro atoms. The van der Waals surface area contributed by atoms with Gasteiger partial charge in [0.05, 0.1) is 0 Å². The maximum absolute atomic E-state index is 9.97. The maximum atomic E-state index is 9.97. The van der Waals surface area contributed by atoms with Crippen molar-refractivity contribution >= 4 is 10.1 Å². The standard InChI is InChI=1S/C3H9NO3S.Na/c1-3(2,4)8(5,6)7;/h4H2,1-2H3,(H,5,6,7);/q;+1/p-1. The van der Waals surface area contributed by atoms with E-state index in [9.17, 15) is 13.0 Å². The van der Waals surface area contributed by atoms with Gasteiger partial charge in [0.25, 0.3) is 0 Å². The van der Waals surface area contributed by atoms with Crippen molar-refractivity contribution in [3.8, 4) is 0 Å². The van der Waals surface area contributed by atoms with Gasteiger partial charge in [-0.2, -0.15) is 0 Å². The molecule has 9 heavy (non-hydrogen) atoms. The van der Waals surface area contributed by atoms with Crippen LogP contribution in [0.2, 0.25) is 0 Å². The molecule has 0 aliphatic carbocycles. The molecule has 0 bridgehead atoms. The third kappa shape index (κ3) is 4.30. The molecule has 0 unspecified atom stereocenters. The molecule has 0 saturated carbocycles. The summed E-state index contributed by atoms with van der Waals surface area (Å²) < 4.78 is 29.9. The van der Waals surface area contributed by atoms with E-state index in [2.05, 4.69) is 0 Å². The minimum atomic E-state index is -4.31. The Kier molecular flexibility index (Phi) is 4.62. The quantitative estimate of drug-likeness (QED) is 0.316. The van der Waals surface area contributed by atoms with Gasteiger partial charge in [-0.25, -0.2) is 8.42 Å². The fraction of sp³-hybridized carbons (Fsp3) is 1.00. The molecular weight excluding hydrogens is 153 g/mol. The SMILES string of the molecule is CC(C)(N)S(=O)(=O)[O-].[Na+]. The van der Waals surface area contributed by atoms with Crippen LogP contribution in [0.25, 0.3) is 0 Å². The average molecular weight is 161 g/mol. The van der Waals surface area contributed by atoms with E-state index >= 15 is 0 Å². The number of hydrogen-bond donors (Lipinski definition) is 1. The molecule has 0 fully saturated rings. The number of rotatable bonds is 1. The molecule has 0 aromatic carbocycles. The van der Waals surface area contributed by atoms with E-state index in [1.807, 2.05) is 0 Å². The first-order chi connectivity index (χ1) is 3.25. The molecule has 0 amide bonds. The van der Waals surface area contributed by atoms with Crippen molar-refractivity contribution < 1.29 is 42.5 Å². The largest absolute Gasteiger partial charge is 1.00 e. The topological polar surface area (TPSA) is 83.2 Å². The minimum Gasteiger partial charge on any atom is -0.747 e. The summed E-state index contributed by atoms with van der Waals surface area (Å²) in [5.74, 6) is 0. The Balaban J connectivity index is 0. The summed E-state index contributed by atoms with van der Waals surface area (Å²) in [6, 6.07) is 0. The third-order valence-electron chi connectivity index (χ3n) is 0.644. The Morgan fingerprint density at radius 2 is 1.56 bits per heavy atom. The molecule has 0 aromatic rings. The van der Waals surface area contributed by atoms with Crippen LogP contribution in [0.5, 0.6) is 0 Å². The van der Waals surface area contributed by atoms with E-state index < -0.39 is 15.0 Å². The summed E-state index contributed by atoms with van der Waals surface area (Å²) in [4.78, 5) is -1.65. The summed E-state index contributed by atoms with van der Waals surface area (Å²) in [7, 11) is -4.31. The van der Waals surface area contributed by atoms with Crippen LogP contribution in [0.4, 0.5) is 0 Å². The van der Waals surface area contributed by atoms with Gasteiger partial charge in [-0.3, -0.25) is 0 Å². The van der Waals surface area contributed by atoms with Crippen LogP contribution in [-0.2, 0) is 10.1 Å². The predicted octanol–water partition coefficient (Wildman–Crippen LogP) is -3.77. The molecule has 0 saturated heterocycles. The van der Waals surface area contributed by atoms with Crippen LogP contribution in [0.1, 0.15) is 13.8 Å². The summed E-state index contributed by atoms with van der Waals surface area (Å²) in [6.07, 6.45) is 0. The van der Waals surface area contributed by atoms with Crippen molar-refractivity contribution in [2.24, 2.45) is 5.73 Å². The summed E-state index contributed by atoms with van der Waals surface area (Å²) >= 11 is 0. The monoisotopic (exact) mass is 161 g/mol. The zero-order chi connectivity index (χ0) is 7.00. The molecule has 50 valence electrons. The second-order valence-electron chi connectivity index (χ2n) is 2.06. The molecule has 0 aliphatic heterocycles. The molecule has 4 nitrogen and oxygen atoms in total. The van der Waals surface area contributed by atoms with Gasteiger partial charge in [-0.15, -0.1) is 0 Å². The van der Waals surface area contributed by atoms with Crippen LogP contribution >= 0.6 is 0 Å². The molecule has 0 atom stereocenters. The molecule has 0 aliphatic rings. The Morgan fingerprint density at radius 1 is 1.44 bits per heavy atom. The van der Waals surface area contributed by atoms with E-state index in [-0.39, 0.29) is 29.6 Å². The third-order valence-corrected chi connectivity index (χ3v) is 1.93. The first-order valence-electron chi connectivity index (χ1n) is 1.99. The summed E-state index contributed by atoms with van der Waals surface area (Å²) in [6.45, 7) is 2.30. The minimum absolute atomic E-state index is 0. The van der Waals surface area contributed by atoms with E-state index in [1.54, 1.807) is 0 Å². The fourth-order valence-electron chi connectivity index (χ4n) is 0. The first-order valence-corrected chi connectivity index (χ1v) is 3.40. The van der Waals surface area contributed by atoms with Crippen LogP contribution in [0.3, 0.4) is 0 Å². The van der Waals surface area contributed by atoms with Crippen LogP contribution < -0.4 is 35.3 Å². The maximum Gasteiger partial charge on any atom is 1.00 e. The first kappa shape index (κ1) is 12.5. The van der Waals surface area contributed by atoms with E-state index in [0.29, 0.717) is 0 Å². The van der Waals surface area contributed by atoms with Crippen LogP contribution in [0.15, 0.2) is 0 Å². The molecule has 6 heteroatoms. The molecule has 0 rings (SSSR count). The van der Waals surface area contributed by atoms with Gasteiger partial charge >= 0.3 is 29.6 Å². The average Bonchev–Trinajstić information content (AvgIpc) is 1.25. The Bertz CT molecular complexity index is 168. The van der Waals surface area contributed by atoms with Gasteiger partial charge < -0.3 is 10.3 Å². The van der Waals surface area contributed by atoms with E-state index in [4.69, 9.17) is 5.73 Å². The van der Waals surface area contributed by atoms with E-state index in [0.717, 1.165) is 13.8 Å². The van der Waals surface area contributed by atoms with Gasteiger partial charge in [0.15, 0.2) is 0 Å². The van der Waals surface area contributed by atoms with Gasteiger partial charge in [-0.05, 0) is 13.8 Å². The fourth-order valence-corrected chi connectivity index (χ4v) is 0. The normalized spacial score (nSPS) is 12.4. The van der Waals surface area contributed by atoms with Crippen molar-refractivity contribution in [1.29, 1.82) is 0 Å². The zero-order valence-corrected chi connectivity index (χ0v) is 8.53. The summed E-state index contributed by atoms with van der Waals surface area (Å²) in [5.41, 5.74) is 4.91. The van der Waals surface area contributed by atoms with Crippen molar-refractivity contribution in [2.45, 2.75) is 18.7 Å². The second kappa shape index (κ2) is 3.32. The summed E-state index contributed by atoms with van der Waals surface area (Å²) in [5, 5.41) is 0. The van der Waals surface area contributed by atoms with Crippen molar-refractivity contribution in [3.63, 3.8) is 0 Å². The van der Waals surface area contributed by atoms with Crippen molar-refractivity contribution in [1.82, 2.24) is 0 Å². The Morgan fingerprint density at radius 3 is 1.56 bits per heavy atom.